The van der Waals surface area contributed by atoms with Crippen molar-refractivity contribution in [2.24, 2.45) is 5.10 Å². The van der Waals surface area contributed by atoms with E-state index in [0.717, 1.165) is 22.6 Å². The van der Waals surface area contributed by atoms with E-state index < -0.39 is 0 Å². The van der Waals surface area contributed by atoms with Gasteiger partial charge >= 0.3 is 0 Å². The summed E-state index contributed by atoms with van der Waals surface area (Å²) in [6.45, 7) is 4.64. The third-order valence-corrected chi connectivity index (χ3v) is 5.64. The lowest BCUT2D eigenvalue weighted by Gasteiger charge is -2.06. The minimum absolute atomic E-state index is 0.117. The number of rotatable bonds is 9. The maximum Gasteiger partial charge on any atom is 0.250 e. The fourth-order valence-electron chi connectivity index (χ4n) is 3.02. The van der Waals surface area contributed by atoms with Gasteiger partial charge in [0.1, 0.15) is 12.4 Å². The second-order valence-corrected chi connectivity index (χ2v) is 8.69. The SMILES string of the molecule is Cc1cc(C)cc(CSCC(=O)N/N=C/c2ccc(OCc3ccc(Cl)cc3)cc2)c1. The summed E-state index contributed by atoms with van der Waals surface area (Å²) in [6, 6.07) is 21.5. The van der Waals surface area contributed by atoms with Gasteiger partial charge < -0.3 is 4.74 Å². The van der Waals surface area contributed by atoms with Crippen LogP contribution in [0, 0.1) is 13.8 Å². The Morgan fingerprint density at radius 2 is 1.68 bits per heavy atom. The number of halogens is 1. The van der Waals surface area contributed by atoms with Gasteiger partial charge in [-0.25, -0.2) is 5.43 Å². The number of nitrogens with one attached hydrogen (secondary N) is 1. The van der Waals surface area contributed by atoms with E-state index in [9.17, 15) is 4.79 Å². The molecule has 0 heterocycles. The lowest BCUT2D eigenvalue weighted by Crippen LogP contribution is -2.19. The molecule has 0 radical (unpaired) electrons. The fourth-order valence-corrected chi connectivity index (χ4v) is 3.90. The van der Waals surface area contributed by atoms with Crippen LogP contribution in [0.5, 0.6) is 5.75 Å². The number of ether oxygens (including phenoxy) is 1. The van der Waals surface area contributed by atoms with Crippen LogP contribution in [0.1, 0.15) is 27.8 Å². The molecule has 4 nitrogen and oxygen atoms in total. The van der Waals surface area contributed by atoms with E-state index in [1.807, 2.05) is 48.5 Å². The third-order valence-electron chi connectivity index (χ3n) is 4.39. The van der Waals surface area contributed by atoms with Crippen LogP contribution in [0.2, 0.25) is 5.02 Å². The lowest BCUT2D eigenvalue weighted by molar-refractivity contribution is -0.118. The topological polar surface area (TPSA) is 50.7 Å². The number of carbonyl (C=O) groups excluding carboxylic acids is 1. The molecule has 0 bridgehead atoms. The first-order valence-corrected chi connectivity index (χ1v) is 11.5. The smallest absolute Gasteiger partial charge is 0.250 e. The molecule has 0 saturated carbocycles. The Labute approximate surface area is 192 Å². The van der Waals surface area contributed by atoms with Crippen LogP contribution in [0.4, 0.5) is 0 Å². The van der Waals surface area contributed by atoms with E-state index in [1.54, 1.807) is 18.0 Å². The van der Waals surface area contributed by atoms with Gasteiger partial charge in [0.25, 0.3) is 0 Å². The minimum atomic E-state index is -0.117. The standard InChI is InChI=1S/C25H25ClN2O2S/c1-18-11-19(2)13-22(12-18)16-31-17-25(29)28-27-14-20-5-9-24(10-6-20)30-15-21-3-7-23(26)8-4-21/h3-14H,15-17H2,1-2H3,(H,28,29)/b27-14+. The van der Waals surface area contributed by atoms with Gasteiger partial charge in [-0.2, -0.15) is 5.10 Å². The molecule has 0 atom stereocenters. The molecule has 0 saturated heterocycles. The molecule has 160 valence electrons. The average Bonchev–Trinajstić information content (AvgIpc) is 2.74. The quantitative estimate of drug-likeness (QED) is 0.324. The Bertz CT molecular complexity index is 1010. The normalized spacial score (nSPS) is 10.9. The number of aryl methyl sites for hydroxylation is 2. The van der Waals surface area contributed by atoms with Gasteiger partial charge in [0.05, 0.1) is 12.0 Å². The Morgan fingerprint density at radius 1 is 1.00 bits per heavy atom. The van der Waals surface area contributed by atoms with Crippen molar-refractivity contribution in [3.8, 4) is 5.75 Å². The summed E-state index contributed by atoms with van der Waals surface area (Å²) in [5.74, 6) is 1.81. The molecule has 0 spiro atoms. The highest BCUT2D eigenvalue weighted by molar-refractivity contribution is 7.99. The molecule has 3 rings (SSSR count). The molecule has 6 heteroatoms. The first-order valence-electron chi connectivity index (χ1n) is 9.92. The van der Waals surface area contributed by atoms with Gasteiger partial charge in [0.2, 0.25) is 5.91 Å². The molecule has 0 aliphatic heterocycles. The van der Waals surface area contributed by atoms with Crippen molar-refractivity contribution in [1.29, 1.82) is 0 Å². The van der Waals surface area contributed by atoms with Crippen LogP contribution in [0.25, 0.3) is 0 Å². The predicted molar refractivity (Wildman–Crippen MR) is 130 cm³/mol. The molecule has 0 fully saturated rings. The molecule has 3 aromatic carbocycles. The monoisotopic (exact) mass is 452 g/mol. The van der Waals surface area contributed by atoms with Crippen molar-refractivity contribution >= 4 is 35.5 Å². The van der Waals surface area contributed by atoms with E-state index in [1.165, 1.54) is 16.7 Å². The van der Waals surface area contributed by atoms with Crippen molar-refractivity contribution in [2.75, 3.05) is 5.75 Å². The highest BCUT2D eigenvalue weighted by Crippen LogP contribution is 2.16. The lowest BCUT2D eigenvalue weighted by atomic mass is 10.1. The van der Waals surface area contributed by atoms with E-state index in [2.05, 4.69) is 42.6 Å². The van der Waals surface area contributed by atoms with Gasteiger partial charge in [0.15, 0.2) is 0 Å². The van der Waals surface area contributed by atoms with Crippen molar-refractivity contribution in [2.45, 2.75) is 26.2 Å². The van der Waals surface area contributed by atoms with Crippen molar-refractivity contribution < 1.29 is 9.53 Å². The first-order chi connectivity index (χ1) is 15.0. The van der Waals surface area contributed by atoms with Gasteiger partial charge in [-0.15, -0.1) is 11.8 Å². The fraction of sp³-hybridized carbons (Fsp3) is 0.200. The highest BCUT2D eigenvalue weighted by Gasteiger charge is 2.02. The van der Waals surface area contributed by atoms with E-state index >= 15 is 0 Å². The summed E-state index contributed by atoms with van der Waals surface area (Å²) < 4.78 is 5.76. The maximum atomic E-state index is 12.0. The Morgan fingerprint density at radius 3 is 2.35 bits per heavy atom. The Balaban J connectivity index is 1.38. The van der Waals surface area contributed by atoms with E-state index in [4.69, 9.17) is 16.3 Å². The molecule has 0 aliphatic rings. The maximum absolute atomic E-state index is 12.0. The van der Waals surface area contributed by atoms with Crippen LogP contribution in [0.15, 0.2) is 71.8 Å². The molecule has 1 N–H and O–H groups in total. The molecule has 3 aromatic rings. The van der Waals surface area contributed by atoms with Crippen molar-refractivity contribution in [3.63, 3.8) is 0 Å². The summed E-state index contributed by atoms with van der Waals surface area (Å²) >= 11 is 7.46. The number of nitrogens with zero attached hydrogens (tertiary/aromatic N) is 1. The molecular formula is C25H25ClN2O2S. The Hall–Kier alpha value is -2.76. The highest BCUT2D eigenvalue weighted by atomic mass is 35.5. The third kappa shape index (κ3) is 8.12. The van der Waals surface area contributed by atoms with Crippen LogP contribution in [-0.2, 0) is 17.2 Å². The van der Waals surface area contributed by atoms with Gasteiger partial charge in [-0.3, -0.25) is 4.79 Å². The molecular weight excluding hydrogens is 428 g/mol. The number of amides is 1. The summed E-state index contributed by atoms with van der Waals surface area (Å²) in [7, 11) is 0. The van der Waals surface area contributed by atoms with Crippen molar-refractivity contribution in [3.05, 3.63) is 99.6 Å². The summed E-state index contributed by atoms with van der Waals surface area (Å²) in [4.78, 5) is 12.0. The summed E-state index contributed by atoms with van der Waals surface area (Å²) in [5.41, 5.74) is 8.22. The van der Waals surface area contributed by atoms with Crippen LogP contribution >= 0.6 is 23.4 Å². The second-order valence-electron chi connectivity index (χ2n) is 7.27. The zero-order valence-corrected chi connectivity index (χ0v) is 19.2. The molecule has 0 unspecified atom stereocenters. The summed E-state index contributed by atoms with van der Waals surface area (Å²) in [5, 5.41) is 4.74. The largest absolute Gasteiger partial charge is 0.489 e. The van der Waals surface area contributed by atoms with Crippen molar-refractivity contribution in [1.82, 2.24) is 5.43 Å². The number of carbonyl (C=O) groups is 1. The molecule has 1 amide bonds. The molecule has 0 aromatic heterocycles. The van der Waals surface area contributed by atoms with Crippen LogP contribution in [-0.4, -0.2) is 17.9 Å². The minimum Gasteiger partial charge on any atom is -0.489 e. The Kier molecular flexibility index (Phi) is 8.56. The van der Waals surface area contributed by atoms with Crippen LogP contribution < -0.4 is 10.2 Å². The zero-order valence-electron chi connectivity index (χ0n) is 17.6. The molecule has 0 aliphatic carbocycles. The predicted octanol–water partition coefficient (Wildman–Crippen LogP) is 5.92. The van der Waals surface area contributed by atoms with Crippen LogP contribution in [0.3, 0.4) is 0 Å². The number of thioether (sulfide) groups is 1. The number of hydrazone groups is 1. The molecule has 31 heavy (non-hydrogen) atoms. The van der Waals surface area contributed by atoms with Gasteiger partial charge in [-0.1, -0.05) is 53.1 Å². The zero-order chi connectivity index (χ0) is 22.1. The number of hydrogen-bond donors (Lipinski definition) is 1. The summed E-state index contributed by atoms with van der Waals surface area (Å²) in [6.07, 6.45) is 1.62. The number of benzene rings is 3. The number of hydrogen-bond acceptors (Lipinski definition) is 4. The van der Waals surface area contributed by atoms with E-state index in [0.29, 0.717) is 17.4 Å². The van der Waals surface area contributed by atoms with Gasteiger partial charge in [0, 0.05) is 10.8 Å². The second kappa shape index (κ2) is 11.6. The average molecular weight is 453 g/mol. The first kappa shape index (κ1) is 22.9. The van der Waals surface area contributed by atoms with Gasteiger partial charge in [-0.05, 0) is 66.9 Å². The van der Waals surface area contributed by atoms with E-state index in [-0.39, 0.29) is 5.91 Å².